The molecule has 0 saturated carbocycles. The molecule has 4 nitrogen and oxygen atoms in total. The number of ether oxygens (including phenoxy) is 1. The summed E-state index contributed by atoms with van der Waals surface area (Å²) >= 11 is 0. The second-order valence-electron chi connectivity index (χ2n) is 5.74. The molecule has 0 spiro atoms. The summed E-state index contributed by atoms with van der Waals surface area (Å²) in [6.07, 6.45) is 4.41. The molecule has 3 atom stereocenters. The van der Waals surface area contributed by atoms with Gasteiger partial charge in [0, 0.05) is 13.7 Å². The van der Waals surface area contributed by atoms with Gasteiger partial charge in [0.2, 0.25) is 0 Å². The first-order valence-electron chi connectivity index (χ1n) is 7.46. The molecule has 1 rings (SSSR count). The number of piperidine rings is 1. The first-order valence-corrected chi connectivity index (χ1v) is 7.46. The SMILES string of the molecule is CCC(C#N)(CCCN1CCC(C)C(OC)C1)NC. The third-order valence-electron chi connectivity index (χ3n) is 4.65. The highest BCUT2D eigenvalue weighted by Gasteiger charge is 2.28. The summed E-state index contributed by atoms with van der Waals surface area (Å²) < 4.78 is 5.54. The molecule has 1 aliphatic rings. The van der Waals surface area contributed by atoms with E-state index in [0.29, 0.717) is 12.0 Å². The van der Waals surface area contributed by atoms with Crippen LogP contribution < -0.4 is 5.32 Å². The molecule has 0 aromatic carbocycles. The Morgan fingerprint density at radius 1 is 1.53 bits per heavy atom. The highest BCUT2D eigenvalue weighted by molar-refractivity contribution is 5.05. The summed E-state index contributed by atoms with van der Waals surface area (Å²) in [7, 11) is 3.69. The number of hydrogen-bond donors (Lipinski definition) is 1. The van der Waals surface area contributed by atoms with E-state index in [9.17, 15) is 5.26 Å². The molecule has 3 unspecified atom stereocenters. The minimum Gasteiger partial charge on any atom is -0.380 e. The van der Waals surface area contributed by atoms with Crippen molar-refractivity contribution in [3.8, 4) is 6.07 Å². The maximum atomic E-state index is 9.28. The van der Waals surface area contributed by atoms with Gasteiger partial charge in [-0.25, -0.2) is 0 Å². The van der Waals surface area contributed by atoms with Crippen molar-refractivity contribution in [2.24, 2.45) is 5.92 Å². The quantitative estimate of drug-likeness (QED) is 0.766. The van der Waals surface area contributed by atoms with Crippen molar-refractivity contribution in [3.05, 3.63) is 0 Å². The molecule has 110 valence electrons. The topological polar surface area (TPSA) is 48.3 Å². The fourth-order valence-electron chi connectivity index (χ4n) is 2.88. The van der Waals surface area contributed by atoms with Crippen LogP contribution >= 0.6 is 0 Å². The molecule has 4 heteroatoms. The second kappa shape index (κ2) is 7.84. The van der Waals surface area contributed by atoms with E-state index in [1.165, 1.54) is 6.42 Å². The van der Waals surface area contributed by atoms with Gasteiger partial charge >= 0.3 is 0 Å². The summed E-state index contributed by atoms with van der Waals surface area (Å²) in [4.78, 5) is 2.47. The van der Waals surface area contributed by atoms with E-state index in [1.54, 1.807) is 0 Å². The van der Waals surface area contributed by atoms with E-state index in [-0.39, 0.29) is 5.54 Å². The molecule has 1 N–H and O–H groups in total. The molecule has 0 amide bonds. The number of nitrogens with one attached hydrogen (secondary N) is 1. The first-order chi connectivity index (χ1) is 9.10. The Morgan fingerprint density at radius 2 is 2.26 bits per heavy atom. The normalized spacial score (nSPS) is 27.7. The van der Waals surface area contributed by atoms with Gasteiger partial charge in [-0.2, -0.15) is 5.26 Å². The van der Waals surface area contributed by atoms with Crippen LogP contribution in [0.2, 0.25) is 0 Å². The van der Waals surface area contributed by atoms with Gasteiger partial charge in [0.05, 0.1) is 12.2 Å². The Morgan fingerprint density at radius 3 is 2.79 bits per heavy atom. The van der Waals surface area contributed by atoms with Gasteiger partial charge in [0.25, 0.3) is 0 Å². The molecule has 0 aromatic rings. The van der Waals surface area contributed by atoms with Gasteiger partial charge in [-0.1, -0.05) is 13.8 Å². The van der Waals surface area contributed by atoms with Crippen LogP contribution in [0.5, 0.6) is 0 Å². The van der Waals surface area contributed by atoms with E-state index >= 15 is 0 Å². The lowest BCUT2D eigenvalue weighted by Gasteiger charge is -2.36. The van der Waals surface area contributed by atoms with Gasteiger partial charge in [-0.05, 0) is 51.7 Å². The van der Waals surface area contributed by atoms with E-state index in [1.807, 2.05) is 14.2 Å². The summed E-state index contributed by atoms with van der Waals surface area (Å²) in [6.45, 7) is 7.60. The van der Waals surface area contributed by atoms with Gasteiger partial charge < -0.3 is 15.0 Å². The van der Waals surface area contributed by atoms with E-state index in [0.717, 1.165) is 38.9 Å². The van der Waals surface area contributed by atoms with Gasteiger partial charge in [0.1, 0.15) is 5.54 Å². The van der Waals surface area contributed by atoms with Crippen LogP contribution in [0.1, 0.15) is 39.5 Å². The number of nitriles is 1. The van der Waals surface area contributed by atoms with Crippen LogP contribution in [0.15, 0.2) is 0 Å². The van der Waals surface area contributed by atoms with Crippen LogP contribution in [-0.4, -0.2) is 50.3 Å². The van der Waals surface area contributed by atoms with Crippen molar-refractivity contribution >= 4 is 0 Å². The molecule has 19 heavy (non-hydrogen) atoms. The fraction of sp³-hybridized carbons (Fsp3) is 0.933. The van der Waals surface area contributed by atoms with Crippen LogP contribution in [0.4, 0.5) is 0 Å². The van der Waals surface area contributed by atoms with Crippen molar-refractivity contribution in [1.82, 2.24) is 10.2 Å². The van der Waals surface area contributed by atoms with Crippen molar-refractivity contribution in [2.75, 3.05) is 33.8 Å². The zero-order valence-electron chi connectivity index (χ0n) is 12.9. The molecule has 1 saturated heterocycles. The van der Waals surface area contributed by atoms with Crippen LogP contribution in [0, 0.1) is 17.2 Å². The minimum atomic E-state index is -0.344. The average molecular weight is 267 g/mol. The summed E-state index contributed by atoms with van der Waals surface area (Å²) in [5, 5.41) is 12.5. The number of hydrogen-bond acceptors (Lipinski definition) is 4. The molecule has 1 aliphatic heterocycles. The predicted octanol–water partition coefficient (Wildman–Crippen LogP) is 2.02. The van der Waals surface area contributed by atoms with Gasteiger partial charge in [-0.3, -0.25) is 0 Å². The number of likely N-dealkylation sites (tertiary alicyclic amines) is 1. The Balaban J connectivity index is 2.35. The number of rotatable bonds is 7. The molecule has 0 bridgehead atoms. The summed E-state index contributed by atoms with van der Waals surface area (Å²) in [5.74, 6) is 0.660. The Hall–Kier alpha value is -0.630. The Kier molecular flexibility index (Phi) is 6.78. The molecular weight excluding hydrogens is 238 g/mol. The highest BCUT2D eigenvalue weighted by atomic mass is 16.5. The average Bonchev–Trinajstić information content (AvgIpc) is 2.46. The highest BCUT2D eigenvalue weighted by Crippen LogP contribution is 2.21. The standard InChI is InChI=1S/C15H29N3O/c1-5-15(12-16,17-3)8-6-9-18-10-7-13(2)14(11-18)19-4/h13-14,17H,5-11H2,1-4H3. The van der Waals surface area contributed by atoms with Crippen molar-refractivity contribution < 1.29 is 4.74 Å². The van der Waals surface area contributed by atoms with Crippen molar-refractivity contribution in [1.29, 1.82) is 5.26 Å². The lowest BCUT2D eigenvalue weighted by Crippen LogP contribution is -2.45. The maximum Gasteiger partial charge on any atom is 0.106 e. The smallest absolute Gasteiger partial charge is 0.106 e. The van der Waals surface area contributed by atoms with Crippen molar-refractivity contribution in [3.63, 3.8) is 0 Å². The molecule has 1 fully saturated rings. The lowest BCUT2D eigenvalue weighted by molar-refractivity contribution is -0.00556. The monoisotopic (exact) mass is 267 g/mol. The predicted molar refractivity (Wildman–Crippen MR) is 77.9 cm³/mol. The van der Waals surface area contributed by atoms with E-state index in [4.69, 9.17) is 4.74 Å². The van der Waals surface area contributed by atoms with Crippen LogP contribution in [0.25, 0.3) is 0 Å². The molecule has 0 aromatic heterocycles. The maximum absolute atomic E-state index is 9.28. The number of methoxy groups -OCH3 is 1. The van der Waals surface area contributed by atoms with Crippen LogP contribution in [0.3, 0.4) is 0 Å². The Labute approximate surface area is 118 Å². The summed E-state index contributed by atoms with van der Waals surface area (Å²) in [6, 6.07) is 2.43. The fourth-order valence-corrected chi connectivity index (χ4v) is 2.88. The second-order valence-corrected chi connectivity index (χ2v) is 5.74. The zero-order valence-corrected chi connectivity index (χ0v) is 12.9. The minimum absolute atomic E-state index is 0.344. The molecule has 0 radical (unpaired) electrons. The molecule has 0 aliphatic carbocycles. The van der Waals surface area contributed by atoms with Gasteiger partial charge in [-0.15, -0.1) is 0 Å². The largest absolute Gasteiger partial charge is 0.380 e. The number of nitrogens with zero attached hydrogens (tertiary/aromatic N) is 2. The first kappa shape index (κ1) is 16.4. The van der Waals surface area contributed by atoms with Crippen molar-refractivity contribution in [2.45, 2.75) is 51.2 Å². The van der Waals surface area contributed by atoms with E-state index in [2.05, 4.69) is 30.1 Å². The van der Waals surface area contributed by atoms with Gasteiger partial charge in [0.15, 0.2) is 0 Å². The third kappa shape index (κ3) is 4.45. The van der Waals surface area contributed by atoms with Crippen LogP contribution in [-0.2, 0) is 4.74 Å². The molecule has 1 heterocycles. The summed E-state index contributed by atoms with van der Waals surface area (Å²) in [5.41, 5.74) is -0.344. The van der Waals surface area contributed by atoms with E-state index < -0.39 is 0 Å². The zero-order chi connectivity index (χ0) is 14.3. The Bertz CT molecular complexity index is 296. The lowest BCUT2D eigenvalue weighted by atomic mass is 9.91. The third-order valence-corrected chi connectivity index (χ3v) is 4.65. The molecular formula is C15H29N3O.